The Morgan fingerprint density at radius 3 is 2.76 bits per heavy atom. The van der Waals surface area contributed by atoms with E-state index in [-0.39, 0.29) is 5.57 Å². The maximum atomic E-state index is 13.5. The predicted molar refractivity (Wildman–Crippen MR) is 68.9 cm³/mol. The molecule has 0 unspecified atom stereocenters. The summed E-state index contributed by atoms with van der Waals surface area (Å²) in [5.74, 6) is -0.926. The molecular formula is C15H18F2. The molecule has 0 bridgehead atoms. The molecule has 0 spiro atoms. The summed E-state index contributed by atoms with van der Waals surface area (Å²) in [6, 6.07) is 0. The fourth-order valence-electron chi connectivity index (χ4n) is 1.47. The van der Waals surface area contributed by atoms with Gasteiger partial charge in [0.2, 0.25) is 0 Å². The molecule has 1 aliphatic carbocycles. The minimum Gasteiger partial charge on any atom is -0.207 e. The van der Waals surface area contributed by atoms with Crippen LogP contribution in [0.2, 0.25) is 0 Å². The summed E-state index contributed by atoms with van der Waals surface area (Å²) >= 11 is 0. The summed E-state index contributed by atoms with van der Waals surface area (Å²) in [5.41, 5.74) is 2.14. The molecular weight excluding hydrogens is 218 g/mol. The van der Waals surface area contributed by atoms with E-state index in [0.717, 1.165) is 11.1 Å². The van der Waals surface area contributed by atoms with E-state index in [4.69, 9.17) is 0 Å². The van der Waals surface area contributed by atoms with Gasteiger partial charge in [-0.3, -0.25) is 0 Å². The average Bonchev–Trinajstić information content (AvgIpc) is 2.43. The third-order valence-electron chi connectivity index (χ3n) is 2.81. The smallest absolute Gasteiger partial charge is 0.128 e. The van der Waals surface area contributed by atoms with Gasteiger partial charge >= 0.3 is 0 Å². The second-order valence-electron chi connectivity index (χ2n) is 4.17. The van der Waals surface area contributed by atoms with Crippen LogP contribution in [-0.2, 0) is 0 Å². The van der Waals surface area contributed by atoms with Gasteiger partial charge in [0.05, 0.1) is 0 Å². The lowest BCUT2D eigenvalue weighted by atomic mass is 10.1. The zero-order valence-corrected chi connectivity index (χ0v) is 10.6. The quantitative estimate of drug-likeness (QED) is 0.581. The van der Waals surface area contributed by atoms with Crippen LogP contribution >= 0.6 is 0 Å². The largest absolute Gasteiger partial charge is 0.207 e. The summed E-state index contributed by atoms with van der Waals surface area (Å²) in [7, 11) is 0. The Kier molecular flexibility index (Phi) is 5.08. The maximum absolute atomic E-state index is 13.5. The van der Waals surface area contributed by atoms with Crippen LogP contribution in [0.5, 0.6) is 0 Å². The minimum absolute atomic E-state index is 0.0913. The zero-order chi connectivity index (χ0) is 12.8. The van der Waals surface area contributed by atoms with Crippen molar-refractivity contribution >= 4 is 0 Å². The Bertz CT molecular complexity index is 432. The van der Waals surface area contributed by atoms with Crippen molar-refractivity contribution in [3.8, 4) is 0 Å². The Balaban J connectivity index is 2.75. The van der Waals surface area contributed by atoms with Gasteiger partial charge in [0.25, 0.3) is 0 Å². The molecule has 0 aliphatic heterocycles. The molecule has 17 heavy (non-hydrogen) atoms. The van der Waals surface area contributed by atoms with Crippen LogP contribution in [0.25, 0.3) is 0 Å². The van der Waals surface area contributed by atoms with Gasteiger partial charge in [-0.2, -0.15) is 0 Å². The van der Waals surface area contributed by atoms with Gasteiger partial charge in [0, 0.05) is 5.57 Å². The summed E-state index contributed by atoms with van der Waals surface area (Å²) < 4.78 is 26.7. The first-order valence-electron chi connectivity index (χ1n) is 5.76. The van der Waals surface area contributed by atoms with Crippen LogP contribution in [0.3, 0.4) is 0 Å². The number of hydrogen-bond donors (Lipinski definition) is 0. The molecule has 92 valence electrons. The van der Waals surface area contributed by atoms with E-state index in [0.29, 0.717) is 12.8 Å². The number of rotatable bonds is 3. The molecule has 0 aromatic heterocycles. The van der Waals surface area contributed by atoms with Gasteiger partial charge in [0.1, 0.15) is 11.7 Å². The molecule has 0 fully saturated rings. The van der Waals surface area contributed by atoms with Crippen LogP contribution in [0.15, 0.2) is 58.8 Å². The molecule has 1 aliphatic rings. The first-order valence-corrected chi connectivity index (χ1v) is 5.76. The van der Waals surface area contributed by atoms with E-state index in [1.165, 1.54) is 19.1 Å². The average molecular weight is 236 g/mol. The summed E-state index contributed by atoms with van der Waals surface area (Å²) in [4.78, 5) is 0. The normalized spacial score (nSPS) is 18.3. The molecule has 0 aromatic rings. The first kappa shape index (κ1) is 13.6. The molecule has 0 saturated carbocycles. The van der Waals surface area contributed by atoms with Crippen LogP contribution in [0.1, 0.15) is 33.6 Å². The van der Waals surface area contributed by atoms with E-state index in [9.17, 15) is 8.78 Å². The van der Waals surface area contributed by atoms with Crippen LogP contribution in [0.4, 0.5) is 8.78 Å². The van der Waals surface area contributed by atoms with Crippen molar-refractivity contribution in [2.75, 3.05) is 0 Å². The second kappa shape index (κ2) is 6.33. The summed E-state index contributed by atoms with van der Waals surface area (Å²) in [5, 5.41) is 0. The Hall–Kier alpha value is -1.44. The van der Waals surface area contributed by atoms with Crippen molar-refractivity contribution in [3.63, 3.8) is 0 Å². The number of hydrogen-bond acceptors (Lipinski definition) is 0. The van der Waals surface area contributed by atoms with Gasteiger partial charge < -0.3 is 0 Å². The van der Waals surface area contributed by atoms with Crippen molar-refractivity contribution in [1.82, 2.24) is 0 Å². The molecule has 1 rings (SSSR count). The fraction of sp³-hybridized carbons (Fsp3) is 0.333. The monoisotopic (exact) mass is 236 g/mol. The molecule has 0 N–H and O–H groups in total. The maximum Gasteiger partial charge on any atom is 0.128 e. The van der Waals surface area contributed by atoms with Gasteiger partial charge in [-0.25, -0.2) is 8.78 Å². The van der Waals surface area contributed by atoms with Crippen molar-refractivity contribution in [3.05, 3.63) is 58.8 Å². The lowest BCUT2D eigenvalue weighted by molar-refractivity contribution is 0.611. The lowest BCUT2D eigenvalue weighted by Gasteiger charge is -1.98. The highest BCUT2D eigenvalue weighted by Crippen LogP contribution is 2.26. The third kappa shape index (κ3) is 4.14. The van der Waals surface area contributed by atoms with E-state index in [1.807, 2.05) is 32.1 Å². The van der Waals surface area contributed by atoms with Gasteiger partial charge in [-0.15, -0.1) is 0 Å². The van der Waals surface area contributed by atoms with Gasteiger partial charge in [0.15, 0.2) is 0 Å². The highest BCUT2D eigenvalue weighted by atomic mass is 19.1. The van der Waals surface area contributed by atoms with E-state index < -0.39 is 11.7 Å². The summed E-state index contributed by atoms with van der Waals surface area (Å²) in [6.07, 6.45) is 9.95. The Morgan fingerprint density at radius 1 is 1.41 bits per heavy atom. The first-order chi connectivity index (χ1) is 8.04. The Labute approximate surface area is 102 Å². The number of allylic oxidation sites excluding steroid dienone is 10. The van der Waals surface area contributed by atoms with Crippen LogP contribution in [-0.4, -0.2) is 0 Å². The van der Waals surface area contributed by atoms with Gasteiger partial charge in [-0.1, -0.05) is 29.4 Å². The number of halogens is 2. The molecule has 0 aromatic carbocycles. The molecule has 0 saturated heterocycles. The molecule has 0 amide bonds. The molecule has 0 heterocycles. The van der Waals surface area contributed by atoms with Crippen molar-refractivity contribution in [1.29, 1.82) is 0 Å². The minimum atomic E-state index is -0.470. The van der Waals surface area contributed by atoms with E-state index >= 15 is 0 Å². The molecule has 0 atom stereocenters. The molecule has 2 heteroatoms. The second-order valence-corrected chi connectivity index (χ2v) is 4.17. The fourth-order valence-corrected chi connectivity index (χ4v) is 1.47. The topological polar surface area (TPSA) is 0 Å². The lowest BCUT2D eigenvalue weighted by Crippen LogP contribution is -1.80. The van der Waals surface area contributed by atoms with Crippen molar-refractivity contribution in [2.45, 2.75) is 33.6 Å². The van der Waals surface area contributed by atoms with E-state index in [2.05, 4.69) is 0 Å². The molecule has 0 nitrogen and oxygen atoms in total. The van der Waals surface area contributed by atoms with Crippen molar-refractivity contribution in [2.24, 2.45) is 0 Å². The SMILES string of the molecule is C/C=C(C)\C=C/CC1=CC(F)=C(C)C(F)=CC1. The third-order valence-corrected chi connectivity index (χ3v) is 2.81. The zero-order valence-electron chi connectivity index (χ0n) is 10.6. The highest BCUT2D eigenvalue weighted by molar-refractivity contribution is 5.38. The van der Waals surface area contributed by atoms with Crippen LogP contribution in [0, 0.1) is 0 Å². The predicted octanol–water partition coefficient (Wildman–Crippen LogP) is 5.33. The van der Waals surface area contributed by atoms with Crippen LogP contribution < -0.4 is 0 Å². The Morgan fingerprint density at radius 2 is 2.12 bits per heavy atom. The standard InChI is InChI=1S/C15H18F2/c1-4-11(2)6-5-7-13-8-9-14(16)12(3)15(17)10-13/h4-6,9-10H,7-8H2,1-3H3/b6-5-,11-4-. The highest BCUT2D eigenvalue weighted by Gasteiger charge is 2.10. The van der Waals surface area contributed by atoms with Gasteiger partial charge in [-0.05, 0) is 45.8 Å². The van der Waals surface area contributed by atoms with E-state index in [1.54, 1.807) is 0 Å². The van der Waals surface area contributed by atoms with Crippen molar-refractivity contribution < 1.29 is 8.78 Å². The molecule has 0 radical (unpaired) electrons. The summed E-state index contributed by atoms with van der Waals surface area (Å²) in [6.45, 7) is 5.43.